The molecule has 0 spiro atoms. The number of nitrogens with one attached hydrogen (secondary N) is 2. The number of halogens is 1. The summed E-state index contributed by atoms with van der Waals surface area (Å²) in [6.07, 6.45) is 2.00. The summed E-state index contributed by atoms with van der Waals surface area (Å²) in [7, 11) is 0. The van der Waals surface area contributed by atoms with Crippen molar-refractivity contribution in [3.8, 4) is 0 Å². The van der Waals surface area contributed by atoms with E-state index in [-0.39, 0.29) is 0 Å². The van der Waals surface area contributed by atoms with Gasteiger partial charge in [0.15, 0.2) is 0 Å². The highest BCUT2D eigenvalue weighted by Gasteiger charge is 2.01. The quantitative estimate of drug-likeness (QED) is 0.336. The molecule has 0 aromatic carbocycles. The van der Waals surface area contributed by atoms with E-state index in [1.54, 1.807) is 6.92 Å². The Labute approximate surface area is 75.7 Å². The molecule has 0 bridgehead atoms. The van der Waals surface area contributed by atoms with E-state index in [2.05, 4.69) is 34.8 Å². The van der Waals surface area contributed by atoms with Crippen LogP contribution in [0.4, 0.5) is 0 Å². The molecule has 0 saturated carbocycles. The Morgan fingerprint density at radius 2 is 2.20 bits per heavy atom. The van der Waals surface area contributed by atoms with Crippen LogP contribution in [0.15, 0.2) is 11.8 Å². The van der Waals surface area contributed by atoms with E-state index >= 15 is 0 Å². The predicted octanol–water partition coefficient (Wildman–Crippen LogP) is 2.30. The molecule has 58 valence electrons. The van der Waals surface area contributed by atoms with Gasteiger partial charge in [-0.05, 0) is 20.8 Å². The molecule has 0 aliphatic heterocycles. The Balaban J connectivity index is 3.99. The van der Waals surface area contributed by atoms with Crippen molar-refractivity contribution < 1.29 is 0 Å². The molecular weight excluding hydrogens is 239 g/mol. The van der Waals surface area contributed by atoms with Crippen molar-refractivity contribution in [1.82, 2.24) is 5.32 Å². The lowest BCUT2D eigenvalue weighted by molar-refractivity contribution is 0.997. The number of hydrogen-bond acceptors (Lipinski definition) is 1. The second-order valence-corrected chi connectivity index (χ2v) is 3.98. The van der Waals surface area contributed by atoms with Crippen LogP contribution in [-0.4, -0.2) is 9.76 Å². The Kier molecular flexibility index (Phi) is 4.68. The molecule has 10 heavy (non-hydrogen) atoms. The summed E-state index contributed by atoms with van der Waals surface area (Å²) in [5, 5.41) is 10.1. The number of amidine groups is 1. The van der Waals surface area contributed by atoms with E-state index in [9.17, 15) is 0 Å². The van der Waals surface area contributed by atoms with Gasteiger partial charge in [0, 0.05) is 9.62 Å². The third-order valence-electron chi connectivity index (χ3n) is 1.07. The summed E-state index contributed by atoms with van der Waals surface area (Å²) in [5.74, 6) is 0.497. The second-order valence-electron chi connectivity index (χ2n) is 2.11. The molecule has 0 saturated heterocycles. The molecule has 0 amide bonds. The average Bonchev–Trinajstić information content (AvgIpc) is 1.81. The molecule has 1 atom stereocenters. The van der Waals surface area contributed by atoms with Gasteiger partial charge < -0.3 is 5.32 Å². The van der Waals surface area contributed by atoms with Gasteiger partial charge in [0.2, 0.25) is 0 Å². The zero-order valence-electron chi connectivity index (χ0n) is 6.53. The highest BCUT2D eigenvalue weighted by molar-refractivity contribution is 14.1. The van der Waals surface area contributed by atoms with Crippen LogP contribution in [0.2, 0.25) is 0 Å². The highest BCUT2D eigenvalue weighted by Crippen LogP contribution is 2.08. The Hall–Kier alpha value is -0.0600. The van der Waals surface area contributed by atoms with E-state index in [4.69, 9.17) is 5.41 Å². The summed E-state index contributed by atoms with van der Waals surface area (Å²) in [6, 6.07) is 0. The van der Waals surface area contributed by atoms with Crippen LogP contribution in [0.3, 0.4) is 0 Å². The maximum absolute atomic E-state index is 7.17. The van der Waals surface area contributed by atoms with E-state index in [1.165, 1.54) is 0 Å². The number of rotatable bonds is 2. The molecule has 2 nitrogen and oxygen atoms in total. The van der Waals surface area contributed by atoms with Crippen LogP contribution in [0.5, 0.6) is 0 Å². The van der Waals surface area contributed by atoms with Gasteiger partial charge in [0.05, 0.1) is 5.84 Å². The van der Waals surface area contributed by atoms with Crippen molar-refractivity contribution in [1.29, 1.82) is 5.41 Å². The van der Waals surface area contributed by atoms with Crippen LogP contribution in [0, 0.1) is 5.41 Å². The molecule has 3 heteroatoms. The van der Waals surface area contributed by atoms with Crippen LogP contribution < -0.4 is 5.32 Å². The third kappa shape index (κ3) is 3.87. The zero-order chi connectivity index (χ0) is 8.15. The minimum absolute atomic E-state index is 0.447. The van der Waals surface area contributed by atoms with Gasteiger partial charge in [-0.3, -0.25) is 5.41 Å². The molecule has 0 aliphatic carbocycles. The van der Waals surface area contributed by atoms with Crippen LogP contribution in [-0.2, 0) is 0 Å². The molecular formula is C7H13IN2. The van der Waals surface area contributed by atoms with Crippen molar-refractivity contribution >= 4 is 28.4 Å². The fraction of sp³-hybridized carbons (Fsp3) is 0.571. The Morgan fingerprint density at radius 1 is 1.70 bits per heavy atom. The standard InChI is InChI=1S/C7H13IN2/c1-4-7(5(2)8)10-6(3)9/h4-5H,1-3H3,(H2,9,10)/b7-4-. The fourth-order valence-electron chi connectivity index (χ4n) is 0.618. The topological polar surface area (TPSA) is 35.9 Å². The lowest BCUT2D eigenvalue weighted by Crippen LogP contribution is -2.22. The van der Waals surface area contributed by atoms with Gasteiger partial charge in [-0.15, -0.1) is 0 Å². The van der Waals surface area contributed by atoms with E-state index < -0.39 is 0 Å². The molecule has 0 heterocycles. The van der Waals surface area contributed by atoms with Crippen molar-refractivity contribution in [3.63, 3.8) is 0 Å². The molecule has 0 rings (SSSR count). The maximum Gasteiger partial charge on any atom is 0.0941 e. The first-order chi connectivity index (χ1) is 4.57. The number of allylic oxidation sites excluding steroid dienone is 2. The Morgan fingerprint density at radius 3 is 2.30 bits per heavy atom. The largest absolute Gasteiger partial charge is 0.347 e. The van der Waals surface area contributed by atoms with Gasteiger partial charge in [0.25, 0.3) is 0 Å². The first-order valence-electron chi connectivity index (χ1n) is 3.20. The van der Waals surface area contributed by atoms with E-state index in [0.29, 0.717) is 9.76 Å². The summed E-state index contributed by atoms with van der Waals surface area (Å²) < 4.78 is 0.447. The maximum atomic E-state index is 7.17. The summed E-state index contributed by atoms with van der Waals surface area (Å²) in [5.41, 5.74) is 1.10. The van der Waals surface area contributed by atoms with Gasteiger partial charge in [-0.1, -0.05) is 28.7 Å². The lowest BCUT2D eigenvalue weighted by Gasteiger charge is -2.10. The van der Waals surface area contributed by atoms with Crippen LogP contribution in [0.25, 0.3) is 0 Å². The van der Waals surface area contributed by atoms with Gasteiger partial charge in [0.1, 0.15) is 0 Å². The van der Waals surface area contributed by atoms with Crippen molar-refractivity contribution in [2.45, 2.75) is 24.7 Å². The monoisotopic (exact) mass is 252 g/mol. The highest BCUT2D eigenvalue weighted by atomic mass is 127. The minimum Gasteiger partial charge on any atom is -0.347 e. The Bertz CT molecular complexity index is 150. The van der Waals surface area contributed by atoms with Crippen molar-refractivity contribution in [3.05, 3.63) is 11.8 Å². The van der Waals surface area contributed by atoms with Crippen molar-refractivity contribution in [2.24, 2.45) is 0 Å². The minimum atomic E-state index is 0.447. The molecule has 0 aliphatic rings. The zero-order valence-corrected chi connectivity index (χ0v) is 8.69. The van der Waals surface area contributed by atoms with E-state index in [1.807, 2.05) is 13.0 Å². The summed E-state index contributed by atoms with van der Waals surface area (Å²) in [4.78, 5) is 0. The molecule has 0 aromatic rings. The third-order valence-corrected chi connectivity index (χ3v) is 1.74. The van der Waals surface area contributed by atoms with Crippen molar-refractivity contribution in [2.75, 3.05) is 0 Å². The van der Waals surface area contributed by atoms with Gasteiger partial charge in [-0.2, -0.15) is 0 Å². The lowest BCUT2D eigenvalue weighted by atomic mass is 10.3. The first-order valence-corrected chi connectivity index (χ1v) is 4.45. The normalized spacial score (nSPS) is 14.6. The van der Waals surface area contributed by atoms with E-state index in [0.717, 1.165) is 5.70 Å². The summed E-state index contributed by atoms with van der Waals surface area (Å²) >= 11 is 2.31. The molecule has 0 aromatic heterocycles. The molecule has 0 fully saturated rings. The predicted molar refractivity (Wildman–Crippen MR) is 53.8 cm³/mol. The van der Waals surface area contributed by atoms with Gasteiger partial charge in [-0.25, -0.2) is 0 Å². The second kappa shape index (κ2) is 4.71. The molecule has 2 N–H and O–H groups in total. The summed E-state index contributed by atoms with van der Waals surface area (Å²) in [6.45, 7) is 5.80. The van der Waals surface area contributed by atoms with Crippen LogP contribution >= 0.6 is 22.6 Å². The molecule has 1 unspecified atom stereocenters. The van der Waals surface area contributed by atoms with Gasteiger partial charge >= 0.3 is 0 Å². The average molecular weight is 252 g/mol. The fourth-order valence-corrected chi connectivity index (χ4v) is 1.13. The number of hydrogen-bond donors (Lipinski definition) is 2. The SMILES string of the molecule is C/C=C(\NC(C)=N)C(C)I. The molecule has 0 radical (unpaired) electrons. The van der Waals surface area contributed by atoms with Crippen LogP contribution in [0.1, 0.15) is 20.8 Å². The first kappa shape index (κ1) is 9.94. The number of alkyl halides is 1. The smallest absolute Gasteiger partial charge is 0.0941 e.